The van der Waals surface area contributed by atoms with Gasteiger partial charge >= 0.3 is 0 Å². The molecule has 0 saturated carbocycles. The van der Waals surface area contributed by atoms with E-state index in [9.17, 15) is 0 Å². The third-order valence-corrected chi connectivity index (χ3v) is 22.4. The van der Waals surface area contributed by atoms with E-state index in [1.54, 1.807) is 0 Å². The van der Waals surface area contributed by atoms with E-state index in [1.165, 1.54) is 107 Å². The Morgan fingerprint density at radius 1 is 0.287 bits per heavy atom. The second kappa shape index (κ2) is 19.9. The van der Waals surface area contributed by atoms with Gasteiger partial charge < -0.3 is 9.47 Å². The van der Waals surface area contributed by atoms with Gasteiger partial charge in [0, 0.05) is 43.3 Å². The van der Waals surface area contributed by atoms with E-state index in [4.69, 9.17) is 0 Å². The molecule has 0 aliphatic carbocycles. The monoisotopic (exact) mass is 1050 g/mol. The molecule has 0 bridgehead atoms. The van der Waals surface area contributed by atoms with Crippen molar-refractivity contribution in [2.45, 2.75) is 0 Å². The van der Waals surface area contributed by atoms with Crippen LogP contribution in [0.3, 0.4) is 0 Å². The second-order valence-corrected chi connectivity index (χ2v) is 25.6. The van der Waals surface area contributed by atoms with Crippen LogP contribution in [0.1, 0.15) is 0 Å². The molecule has 0 atom stereocenters. The number of fused-ring (bicyclic) bond motifs is 7. The summed E-state index contributed by atoms with van der Waals surface area (Å²) in [4.78, 5) is 2.40. The number of benzene rings is 13. The van der Waals surface area contributed by atoms with Crippen LogP contribution in [0.2, 0.25) is 0 Å². The summed E-state index contributed by atoms with van der Waals surface area (Å²) in [6.07, 6.45) is 0. The molecule has 0 amide bonds. The summed E-state index contributed by atoms with van der Waals surface area (Å²) in [7, 11) is -2.73. The van der Waals surface area contributed by atoms with Crippen molar-refractivity contribution in [1.82, 2.24) is 4.57 Å². The summed E-state index contributed by atoms with van der Waals surface area (Å²) >= 11 is 1.88. The van der Waals surface area contributed by atoms with Crippen LogP contribution < -0.4 is 25.6 Å². The molecule has 376 valence electrons. The highest BCUT2D eigenvalue weighted by molar-refractivity contribution is 7.26. The van der Waals surface area contributed by atoms with Gasteiger partial charge in [0.15, 0.2) is 8.07 Å². The van der Waals surface area contributed by atoms with Gasteiger partial charge in [0.25, 0.3) is 0 Å². The number of para-hydroxylation sites is 1. The standard InChI is InChI=1S/C76H52N2SSi/c1-4-21-61(22-5-1)80(62-23-6-2-7-24-62,63-25-8-3-9-26-63)64-51-49-60(50-52-64)77(59-47-43-56(44-48-59)66-30-16-20-55-19-10-11-27-65(55)66)58-45-41-54(42-46-58)53-37-39-57(40-38-53)67-31-17-34-72-75(67)70-29-12-14-33-71(70)78(72)73-35-18-32-69-68-28-13-15-36-74(68)79-76(69)73/h1-52H. The Hall–Kier alpha value is -9.84. The topological polar surface area (TPSA) is 8.17 Å². The molecule has 0 unspecified atom stereocenters. The van der Waals surface area contributed by atoms with Gasteiger partial charge in [-0.1, -0.05) is 255 Å². The number of nitrogens with zero attached hydrogens (tertiary/aromatic N) is 2. The molecule has 0 fully saturated rings. The maximum Gasteiger partial charge on any atom is 0.179 e. The van der Waals surface area contributed by atoms with Crippen LogP contribution in [-0.4, -0.2) is 12.6 Å². The van der Waals surface area contributed by atoms with E-state index in [0.717, 1.165) is 22.6 Å². The molecule has 0 aliphatic heterocycles. The lowest BCUT2D eigenvalue weighted by Crippen LogP contribution is -2.74. The normalized spacial score (nSPS) is 11.8. The molecule has 15 aromatic rings. The maximum atomic E-state index is 2.48. The highest BCUT2D eigenvalue weighted by Crippen LogP contribution is 2.44. The highest BCUT2D eigenvalue weighted by Gasteiger charge is 2.41. The average molecular weight is 1050 g/mol. The Balaban J connectivity index is 0.807. The van der Waals surface area contributed by atoms with Crippen LogP contribution in [-0.2, 0) is 0 Å². The predicted molar refractivity (Wildman–Crippen MR) is 346 cm³/mol. The van der Waals surface area contributed by atoms with Crippen LogP contribution >= 0.6 is 11.3 Å². The fourth-order valence-corrected chi connectivity index (χ4v) is 18.7. The molecule has 4 heteroatoms. The van der Waals surface area contributed by atoms with Crippen molar-refractivity contribution >= 4 is 110 Å². The predicted octanol–water partition coefficient (Wildman–Crippen LogP) is 18.2. The molecule has 0 spiro atoms. The molecule has 0 N–H and O–H groups in total. The fourth-order valence-electron chi connectivity index (χ4n) is 12.7. The van der Waals surface area contributed by atoms with E-state index in [2.05, 4.69) is 325 Å². The lowest BCUT2D eigenvalue weighted by molar-refractivity contribution is 1.20. The Morgan fingerprint density at radius 3 is 1.36 bits per heavy atom. The number of anilines is 3. The first-order valence-corrected chi connectivity index (χ1v) is 30.3. The molecule has 2 aromatic heterocycles. The minimum Gasteiger partial charge on any atom is -0.311 e. The van der Waals surface area contributed by atoms with Crippen LogP contribution in [0.4, 0.5) is 17.1 Å². The first kappa shape index (κ1) is 47.4. The maximum absolute atomic E-state index is 2.73. The zero-order chi connectivity index (χ0) is 53.0. The van der Waals surface area contributed by atoms with E-state index in [0.29, 0.717) is 0 Å². The van der Waals surface area contributed by atoms with Crippen molar-refractivity contribution < 1.29 is 0 Å². The third kappa shape index (κ3) is 7.91. The third-order valence-electron chi connectivity index (χ3n) is 16.4. The lowest BCUT2D eigenvalue weighted by atomic mass is 9.96. The van der Waals surface area contributed by atoms with Crippen LogP contribution in [0.5, 0.6) is 0 Å². The van der Waals surface area contributed by atoms with Crippen LogP contribution in [0.25, 0.3) is 91.8 Å². The number of hydrogen-bond acceptors (Lipinski definition) is 2. The summed E-state index contributed by atoms with van der Waals surface area (Å²) in [5.74, 6) is 0. The number of hydrogen-bond donors (Lipinski definition) is 0. The van der Waals surface area contributed by atoms with Gasteiger partial charge in [0.1, 0.15) is 0 Å². The van der Waals surface area contributed by atoms with Gasteiger partial charge in [-0.3, -0.25) is 0 Å². The summed E-state index contributed by atoms with van der Waals surface area (Å²) in [6, 6.07) is 117. The summed E-state index contributed by atoms with van der Waals surface area (Å²) in [5.41, 5.74) is 14.1. The number of rotatable bonds is 11. The molecule has 80 heavy (non-hydrogen) atoms. The zero-order valence-electron chi connectivity index (χ0n) is 43.8. The molecular weight excluding hydrogens is 1000 g/mol. The van der Waals surface area contributed by atoms with E-state index in [1.807, 2.05) is 11.3 Å². The Kier molecular flexibility index (Phi) is 11.8. The minimum atomic E-state index is -2.73. The molecule has 15 rings (SSSR count). The van der Waals surface area contributed by atoms with Crippen LogP contribution in [0, 0.1) is 0 Å². The summed E-state index contributed by atoms with van der Waals surface area (Å²) < 4.78 is 5.10. The molecule has 2 heterocycles. The van der Waals surface area contributed by atoms with Gasteiger partial charge in [-0.2, -0.15) is 0 Å². The van der Waals surface area contributed by atoms with Gasteiger partial charge in [-0.25, -0.2) is 0 Å². The molecular formula is C76H52N2SSi. The van der Waals surface area contributed by atoms with E-state index < -0.39 is 8.07 Å². The Morgan fingerprint density at radius 2 is 0.713 bits per heavy atom. The quantitative estimate of drug-likeness (QED) is 0.0926. The first-order valence-electron chi connectivity index (χ1n) is 27.5. The number of thiophene rings is 1. The lowest BCUT2D eigenvalue weighted by Gasteiger charge is -2.35. The first-order chi connectivity index (χ1) is 39.7. The Labute approximate surface area is 471 Å². The van der Waals surface area contributed by atoms with E-state index in [-0.39, 0.29) is 0 Å². The highest BCUT2D eigenvalue weighted by atomic mass is 32.1. The molecule has 0 saturated heterocycles. The van der Waals surface area contributed by atoms with Gasteiger partial charge in [0.2, 0.25) is 0 Å². The minimum absolute atomic E-state index is 1.09. The molecule has 13 aromatic carbocycles. The molecule has 2 nitrogen and oxygen atoms in total. The number of aromatic nitrogens is 1. The largest absolute Gasteiger partial charge is 0.311 e. The smallest absolute Gasteiger partial charge is 0.179 e. The summed E-state index contributed by atoms with van der Waals surface area (Å²) in [6.45, 7) is 0. The summed E-state index contributed by atoms with van der Waals surface area (Å²) in [5, 5.41) is 13.0. The Bertz CT molecular complexity index is 4620. The van der Waals surface area contributed by atoms with Crippen molar-refractivity contribution in [2.24, 2.45) is 0 Å². The van der Waals surface area contributed by atoms with Crippen molar-refractivity contribution in [2.75, 3.05) is 4.90 Å². The van der Waals surface area contributed by atoms with Crippen molar-refractivity contribution in [1.29, 1.82) is 0 Å². The zero-order valence-corrected chi connectivity index (χ0v) is 45.6. The van der Waals surface area contributed by atoms with Gasteiger partial charge in [-0.05, 0) is 126 Å². The average Bonchev–Trinajstić information content (AvgIpc) is 4.28. The van der Waals surface area contributed by atoms with Crippen molar-refractivity contribution in [3.63, 3.8) is 0 Å². The van der Waals surface area contributed by atoms with E-state index >= 15 is 0 Å². The van der Waals surface area contributed by atoms with Gasteiger partial charge in [-0.15, -0.1) is 11.3 Å². The van der Waals surface area contributed by atoms with Crippen molar-refractivity contribution in [3.05, 3.63) is 315 Å². The SMILES string of the molecule is c1ccc([Si](c2ccccc2)(c2ccccc2)c2ccc(N(c3ccc(-c4ccc(-c5cccc6c5c5ccccc5n6-c5cccc6c5sc5ccccc56)cc4)cc3)c3ccc(-c4cccc5ccccc45)cc3)cc2)cc1. The second-order valence-electron chi connectivity index (χ2n) is 20.7. The molecule has 0 radical (unpaired) electrons. The molecule has 0 aliphatic rings. The van der Waals surface area contributed by atoms with Gasteiger partial charge in [0.05, 0.1) is 21.4 Å². The van der Waals surface area contributed by atoms with Crippen LogP contribution in [0.15, 0.2) is 315 Å². The van der Waals surface area contributed by atoms with Crippen molar-refractivity contribution in [3.8, 4) is 39.1 Å². The fraction of sp³-hybridized carbons (Fsp3) is 0.